The molecule has 2 aromatic rings. The van der Waals surface area contributed by atoms with E-state index in [1.807, 2.05) is 24.3 Å². The fraction of sp³-hybridized carbons (Fsp3) is 0.435. The minimum Gasteiger partial charge on any atom is -0.353 e. The van der Waals surface area contributed by atoms with Gasteiger partial charge in [-0.1, -0.05) is 18.2 Å². The van der Waals surface area contributed by atoms with Crippen LogP contribution in [-0.4, -0.2) is 20.4 Å². The third-order valence-electron chi connectivity index (χ3n) is 6.42. The van der Waals surface area contributed by atoms with Gasteiger partial charge in [-0.3, -0.25) is 9.52 Å². The number of anilines is 1. The van der Waals surface area contributed by atoms with Gasteiger partial charge in [0, 0.05) is 11.7 Å². The van der Waals surface area contributed by atoms with E-state index in [-0.39, 0.29) is 5.91 Å². The molecule has 152 valence electrons. The summed E-state index contributed by atoms with van der Waals surface area (Å²) < 4.78 is 28.4. The second-order valence-electron chi connectivity index (χ2n) is 8.65. The van der Waals surface area contributed by atoms with E-state index in [9.17, 15) is 13.2 Å². The van der Waals surface area contributed by atoms with E-state index in [1.54, 1.807) is 18.2 Å². The van der Waals surface area contributed by atoms with Crippen LogP contribution >= 0.6 is 0 Å². The van der Waals surface area contributed by atoms with E-state index in [0.717, 1.165) is 56.1 Å². The molecule has 0 spiro atoms. The Hall–Kier alpha value is -2.34. The highest BCUT2D eigenvalue weighted by Gasteiger charge is 2.52. The van der Waals surface area contributed by atoms with E-state index >= 15 is 0 Å². The molecule has 3 aliphatic rings. The summed E-state index contributed by atoms with van der Waals surface area (Å²) in [5.41, 5.74) is 3.47. The number of carbonyl (C=O) groups excluding carboxylic acids is 1. The third-order valence-corrected chi connectivity index (χ3v) is 7.80. The monoisotopic (exact) mass is 410 g/mol. The van der Waals surface area contributed by atoms with Gasteiger partial charge in [0.2, 0.25) is 5.91 Å². The number of hydrogen-bond acceptors (Lipinski definition) is 3. The predicted octanol–water partition coefficient (Wildman–Crippen LogP) is 3.68. The molecule has 2 fully saturated rings. The quantitative estimate of drug-likeness (QED) is 0.763. The van der Waals surface area contributed by atoms with Crippen molar-refractivity contribution in [1.29, 1.82) is 0 Å². The number of rotatable bonds is 6. The number of fused-ring (bicyclic) bond motifs is 1. The van der Waals surface area contributed by atoms with Crippen molar-refractivity contribution in [2.45, 2.75) is 67.7 Å². The van der Waals surface area contributed by atoms with Crippen LogP contribution in [0.3, 0.4) is 0 Å². The third kappa shape index (κ3) is 3.66. The largest absolute Gasteiger partial charge is 0.353 e. The van der Waals surface area contributed by atoms with E-state index in [2.05, 4.69) is 10.0 Å². The zero-order valence-corrected chi connectivity index (χ0v) is 17.2. The first-order chi connectivity index (χ1) is 14.0. The van der Waals surface area contributed by atoms with Crippen LogP contribution in [0.4, 0.5) is 5.69 Å². The number of hydrogen-bond donors (Lipinski definition) is 2. The summed E-state index contributed by atoms with van der Waals surface area (Å²) in [6.45, 7) is 0. The summed E-state index contributed by atoms with van der Waals surface area (Å²) in [7, 11) is -3.63. The van der Waals surface area contributed by atoms with Crippen molar-refractivity contribution in [3.63, 3.8) is 0 Å². The van der Waals surface area contributed by atoms with Crippen LogP contribution in [-0.2, 0) is 33.1 Å². The van der Waals surface area contributed by atoms with Gasteiger partial charge in [-0.15, -0.1) is 0 Å². The Morgan fingerprint density at radius 3 is 2.28 bits per heavy atom. The summed E-state index contributed by atoms with van der Waals surface area (Å²) in [4.78, 5) is 12.9. The second-order valence-corrected chi connectivity index (χ2v) is 10.3. The molecule has 1 amide bonds. The highest BCUT2D eigenvalue weighted by Crippen LogP contribution is 2.49. The molecule has 29 heavy (non-hydrogen) atoms. The average Bonchev–Trinajstić information content (AvgIpc) is 3.63. The van der Waals surface area contributed by atoms with Crippen LogP contribution in [0.2, 0.25) is 0 Å². The smallest absolute Gasteiger partial charge is 0.261 e. The van der Waals surface area contributed by atoms with E-state index < -0.39 is 15.4 Å². The van der Waals surface area contributed by atoms with Crippen LogP contribution in [0.25, 0.3) is 0 Å². The van der Waals surface area contributed by atoms with Gasteiger partial charge < -0.3 is 5.32 Å². The van der Waals surface area contributed by atoms with Crippen LogP contribution < -0.4 is 10.0 Å². The predicted molar refractivity (Wildman–Crippen MR) is 112 cm³/mol. The first-order valence-corrected chi connectivity index (χ1v) is 12.0. The number of amides is 1. The highest BCUT2D eigenvalue weighted by atomic mass is 32.2. The molecule has 0 heterocycles. The maximum absolute atomic E-state index is 12.8. The lowest BCUT2D eigenvalue weighted by Crippen LogP contribution is -2.36. The van der Waals surface area contributed by atoms with Gasteiger partial charge in [0.1, 0.15) is 0 Å². The molecule has 0 aliphatic heterocycles. The SMILES string of the molecule is O=C(NC1CC1)C1(c2ccc(NS(=O)(=O)c3ccc4c(c3)CCCC4)cc2)CC1. The van der Waals surface area contributed by atoms with Gasteiger partial charge >= 0.3 is 0 Å². The lowest BCUT2D eigenvalue weighted by molar-refractivity contribution is -0.123. The first-order valence-electron chi connectivity index (χ1n) is 10.5. The number of aryl methyl sites for hydroxylation is 2. The van der Waals surface area contributed by atoms with Gasteiger partial charge in [-0.05, 0) is 92.3 Å². The van der Waals surface area contributed by atoms with Crippen LogP contribution in [0.5, 0.6) is 0 Å². The van der Waals surface area contributed by atoms with Gasteiger partial charge in [-0.25, -0.2) is 8.42 Å². The van der Waals surface area contributed by atoms with Gasteiger partial charge in [0.25, 0.3) is 10.0 Å². The van der Waals surface area contributed by atoms with Crippen molar-refractivity contribution in [3.05, 3.63) is 59.2 Å². The van der Waals surface area contributed by atoms with Crippen LogP contribution in [0.1, 0.15) is 55.2 Å². The number of nitrogens with one attached hydrogen (secondary N) is 2. The molecular formula is C23H26N2O3S. The van der Waals surface area contributed by atoms with Gasteiger partial charge in [-0.2, -0.15) is 0 Å². The van der Waals surface area contributed by atoms with E-state index in [1.165, 1.54) is 12.0 Å². The number of sulfonamides is 1. The van der Waals surface area contributed by atoms with Crippen LogP contribution in [0, 0.1) is 0 Å². The normalized spacial score (nSPS) is 19.9. The Kier molecular flexibility index (Phi) is 4.42. The highest BCUT2D eigenvalue weighted by molar-refractivity contribution is 7.92. The van der Waals surface area contributed by atoms with Gasteiger partial charge in [0.05, 0.1) is 10.3 Å². The minimum absolute atomic E-state index is 0.113. The Balaban J connectivity index is 1.32. The van der Waals surface area contributed by atoms with Crippen LogP contribution in [0.15, 0.2) is 47.4 Å². The summed E-state index contributed by atoms with van der Waals surface area (Å²) in [6.07, 6.45) is 8.11. The van der Waals surface area contributed by atoms with Gasteiger partial charge in [0.15, 0.2) is 0 Å². The Bertz CT molecular complexity index is 1050. The molecule has 0 radical (unpaired) electrons. The molecule has 5 rings (SSSR count). The lowest BCUT2D eigenvalue weighted by Gasteiger charge is -2.18. The Morgan fingerprint density at radius 1 is 0.931 bits per heavy atom. The molecule has 0 unspecified atom stereocenters. The van der Waals surface area contributed by atoms with E-state index in [4.69, 9.17) is 0 Å². The lowest BCUT2D eigenvalue weighted by atomic mass is 9.92. The standard InChI is InChI=1S/C23H26N2O3S/c26-22(24-19-10-11-19)23(13-14-23)18-6-8-20(9-7-18)25-29(27,28)21-12-5-16-3-1-2-4-17(16)15-21/h5-9,12,15,19,25H,1-4,10-11,13-14H2,(H,24,26). The molecule has 0 bridgehead atoms. The zero-order chi connectivity index (χ0) is 20.1. The maximum atomic E-state index is 12.8. The fourth-order valence-corrected chi connectivity index (χ4v) is 5.38. The maximum Gasteiger partial charge on any atom is 0.261 e. The summed E-state index contributed by atoms with van der Waals surface area (Å²) in [5, 5.41) is 3.10. The summed E-state index contributed by atoms with van der Waals surface area (Å²) in [6, 6.07) is 13.1. The Labute approximate surface area is 172 Å². The molecule has 0 atom stereocenters. The molecular weight excluding hydrogens is 384 g/mol. The molecule has 2 N–H and O–H groups in total. The van der Waals surface area contributed by atoms with Crippen molar-refractivity contribution in [2.24, 2.45) is 0 Å². The molecule has 2 aromatic carbocycles. The average molecular weight is 411 g/mol. The fourth-order valence-electron chi connectivity index (χ4n) is 4.27. The van der Waals surface area contributed by atoms with Crippen molar-refractivity contribution in [1.82, 2.24) is 5.32 Å². The van der Waals surface area contributed by atoms with Crippen molar-refractivity contribution in [2.75, 3.05) is 4.72 Å². The summed E-state index contributed by atoms with van der Waals surface area (Å²) >= 11 is 0. The summed E-state index contributed by atoms with van der Waals surface area (Å²) in [5.74, 6) is 0.113. The topological polar surface area (TPSA) is 75.3 Å². The van der Waals surface area contributed by atoms with Crippen molar-refractivity contribution < 1.29 is 13.2 Å². The molecule has 2 saturated carbocycles. The van der Waals surface area contributed by atoms with Crippen molar-refractivity contribution in [3.8, 4) is 0 Å². The number of carbonyl (C=O) groups is 1. The molecule has 3 aliphatic carbocycles. The van der Waals surface area contributed by atoms with Crippen molar-refractivity contribution >= 4 is 21.6 Å². The zero-order valence-electron chi connectivity index (χ0n) is 16.4. The molecule has 5 nitrogen and oxygen atoms in total. The molecule has 0 aromatic heterocycles. The second kappa shape index (κ2) is 6.87. The Morgan fingerprint density at radius 2 is 1.62 bits per heavy atom. The minimum atomic E-state index is -3.63. The number of benzene rings is 2. The van der Waals surface area contributed by atoms with E-state index in [0.29, 0.717) is 16.6 Å². The molecule has 6 heteroatoms. The molecule has 0 saturated heterocycles. The first kappa shape index (κ1) is 18.7.